The van der Waals surface area contributed by atoms with E-state index in [0.29, 0.717) is 24.6 Å². The third-order valence-electron chi connectivity index (χ3n) is 3.99. The summed E-state index contributed by atoms with van der Waals surface area (Å²) in [5.74, 6) is 0.312. The molecule has 4 nitrogen and oxygen atoms in total. The lowest BCUT2D eigenvalue weighted by Gasteiger charge is -2.30. The van der Waals surface area contributed by atoms with Gasteiger partial charge in [-0.2, -0.15) is 5.10 Å². The average molecular weight is 303 g/mol. The molecule has 0 aromatic carbocycles. The Morgan fingerprint density at radius 2 is 2.00 bits per heavy atom. The summed E-state index contributed by atoms with van der Waals surface area (Å²) in [5, 5.41) is 4.30. The van der Waals surface area contributed by atoms with E-state index in [1.54, 1.807) is 23.1 Å². The van der Waals surface area contributed by atoms with Gasteiger partial charge in [-0.05, 0) is 30.4 Å². The zero-order chi connectivity index (χ0) is 15.5. The highest BCUT2D eigenvalue weighted by molar-refractivity contribution is 6.31. The summed E-state index contributed by atoms with van der Waals surface area (Å²) in [6.45, 7) is 1.39. The molecule has 2 aromatic rings. The molecule has 1 unspecified atom stereocenters. The Morgan fingerprint density at radius 1 is 1.23 bits per heavy atom. The molecule has 1 fully saturated rings. The van der Waals surface area contributed by atoms with Gasteiger partial charge >= 0.3 is 0 Å². The molecule has 3 heterocycles. The maximum atomic E-state index is 12.7. The molecule has 3 rings (SSSR count). The van der Waals surface area contributed by atoms with Crippen LogP contribution >= 0.6 is 0 Å². The summed E-state index contributed by atoms with van der Waals surface area (Å²) in [7, 11) is 5.77. The Balaban J connectivity index is 1.93. The summed E-state index contributed by atoms with van der Waals surface area (Å²) in [6.07, 6.45) is 4.09. The molecule has 1 aliphatic heterocycles. The van der Waals surface area contributed by atoms with Crippen LogP contribution in [0, 0.1) is 5.92 Å². The van der Waals surface area contributed by atoms with Crippen LogP contribution < -0.4 is 5.46 Å². The van der Waals surface area contributed by atoms with Gasteiger partial charge in [0.25, 0.3) is 6.43 Å². The molecule has 2 radical (unpaired) electrons. The molecule has 1 aliphatic rings. The van der Waals surface area contributed by atoms with Gasteiger partial charge in [-0.15, -0.1) is 0 Å². The first-order valence-electron chi connectivity index (χ1n) is 7.26. The largest absolute Gasteiger partial charge is 0.381 e. The standard InChI is InChI=1S/C15H16BF2N3O/c16-12-8-20-21(9-12)14(10-3-5-22-6-4-10)11-1-2-13(15(17)18)19-7-11/h1-2,7-10,14-15H,3-6H2. The van der Waals surface area contributed by atoms with Gasteiger partial charge in [-0.25, -0.2) is 8.78 Å². The monoisotopic (exact) mass is 303 g/mol. The van der Waals surface area contributed by atoms with Crippen molar-refractivity contribution in [3.05, 3.63) is 42.0 Å². The van der Waals surface area contributed by atoms with Crippen LogP contribution in [-0.2, 0) is 4.74 Å². The highest BCUT2D eigenvalue weighted by Crippen LogP contribution is 2.33. The predicted molar refractivity (Wildman–Crippen MR) is 78.5 cm³/mol. The molecule has 0 N–H and O–H groups in total. The lowest BCUT2D eigenvalue weighted by Crippen LogP contribution is -2.27. The Morgan fingerprint density at radius 3 is 2.55 bits per heavy atom. The fraction of sp³-hybridized carbons (Fsp3) is 0.467. The zero-order valence-corrected chi connectivity index (χ0v) is 12.0. The molecule has 1 atom stereocenters. The number of nitrogens with zero attached hydrogens (tertiary/aromatic N) is 3. The van der Waals surface area contributed by atoms with Crippen molar-refractivity contribution in [1.29, 1.82) is 0 Å². The maximum absolute atomic E-state index is 12.7. The molecular weight excluding hydrogens is 287 g/mol. The minimum absolute atomic E-state index is 0.0691. The normalized spacial score (nSPS) is 17.8. The van der Waals surface area contributed by atoms with Crippen LogP contribution in [-0.4, -0.2) is 35.8 Å². The van der Waals surface area contributed by atoms with E-state index in [2.05, 4.69) is 10.1 Å². The van der Waals surface area contributed by atoms with Crippen molar-refractivity contribution in [1.82, 2.24) is 14.8 Å². The van der Waals surface area contributed by atoms with Gasteiger partial charge in [0.2, 0.25) is 0 Å². The number of pyridine rings is 1. The van der Waals surface area contributed by atoms with Crippen molar-refractivity contribution >= 4 is 13.3 Å². The number of hydrogen-bond acceptors (Lipinski definition) is 3. The average Bonchev–Trinajstić information content (AvgIpc) is 2.95. The SMILES string of the molecule is [B]c1cnn(C(c2ccc(C(F)F)nc2)C2CCOCC2)c1. The molecule has 2 aromatic heterocycles. The van der Waals surface area contributed by atoms with Crippen LogP contribution in [0.15, 0.2) is 30.7 Å². The third-order valence-corrected chi connectivity index (χ3v) is 3.99. The van der Waals surface area contributed by atoms with E-state index < -0.39 is 6.43 Å². The number of rotatable bonds is 4. The topological polar surface area (TPSA) is 39.9 Å². The zero-order valence-electron chi connectivity index (χ0n) is 12.0. The molecule has 0 spiro atoms. The summed E-state index contributed by atoms with van der Waals surface area (Å²) in [5.41, 5.74) is 1.23. The second kappa shape index (κ2) is 6.56. The van der Waals surface area contributed by atoms with E-state index >= 15 is 0 Å². The van der Waals surface area contributed by atoms with E-state index in [9.17, 15) is 8.78 Å². The van der Waals surface area contributed by atoms with Gasteiger partial charge in [-0.1, -0.05) is 11.5 Å². The molecule has 114 valence electrons. The highest BCUT2D eigenvalue weighted by Gasteiger charge is 2.28. The molecule has 22 heavy (non-hydrogen) atoms. The van der Waals surface area contributed by atoms with Crippen LogP contribution in [0.5, 0.6) is 0 Å². The van der Waals surface area contributed by atoms with E-state index in [0.717, 1.165) is 18.4 Å². The first-order valence-corrected chi connectivity index (χ1v) is 7.26. The number of aromatic nitrogens is 3. The van der Waals surface area contributed by atoms with Crippen molar-refractivity contribution < 1.29 is 13.5 Å². The van der Waals surface area contributed by atoms with Gasteiger partial charge < -0.3 is 4.74 Å². The highest BCUT2D eigenvalue weighted by atomic mass is 19.3. The summed E-state index contributed by atoms with van der Waals surface area (Å²) >= 11 is 0. The first-order chi connectivity index (χ1) is 10.6. The van der Waals surface area contributed by atoms with Crippen LogP contribution in [0.1, 0.15) is 36.6 Å². The molecule has 0 aliphatic carbocycles. The lowest BCUT2D eigenvalue weighted by atomic mass is 9.87. The van der Waals surface area contributed by atoms with E-state index in [-0.39, 0.29) is 11.7 Å². The fourth-order valence-corrected chi connectivity index (χ4v) is 2.90. The molecule has 1 saturated heterocycles. The Bertz CT molecular complexity index is 612. The number of halogens is 2. The van der Waals surface area contributed by atoms with Crippen LogP contribution in [0.2, 0.25) is 0 Å². The van der Waals surface area contributed by atoms with Crippen molar-refractivity contribution in [2.24, 2.45) is 5.92 Å². The molecular formula is C15H16BF2N3O. The van der Waals surface area contributed by atoms with Gasteiger partial charge in [0.15, 0.2) is 0 Å². The van der Waals surface area contributed by atoms with Crippen molar-refractivity contribution in [3.63, 3.8) is 0 Å². The van der Waals surface area contributed by atoms with E-state index in [1.165, 1.54) is 12.3 Å². The van der Waals surface area contributed by atoms with Crippen molar-refractivity contribution in [2.75, 3.05) is 13.2 Å². The minimum Gasteiger partial charge on any atom is -0.381 e. The number of alkyl halides is 2. The van der Waals surface area contributed by atoms with Crippen LogP contribution in [0.3, 0.4) is 0 Å². The molecule has 0 saturated carbocycles. The number of ether oxygens (including phenoxy) is 1. The second-order valence-electron chi connectivity index (χ2n) is 5.47. The van der Waals surface area contributed by atoms with Crippen molar-refractivity contribution in [2.45, 2.75) is 25.3 Å². The molecule has 7 heteroatoms. The van der Waals surface area contributed by atoms with Gasteiger partial charge in [0.1, 0.15) is 13.5 Å². The Labute approximate surface area is 128 Å². The second-order valence-corrected chi connectivity index (χ2v) is 5.47. The van der Waals surface area contributed by atoms with Crippen LogP contribution in [0.25, 0.3) is 0 Å². The summed E-state index contributed by atoms with van der Waals surface area (Å²) in [6, 6.07) is 3.01. The van der Waals surface area contributed by atoms with Gasteiger partial charge in [-0.3, -0.25) is 9.67 Å². The Hall–Kier alpha value is -1.76. The van der Waals surface area contributed by atoms with Crippen LogP contribution in [0.4, 0.5) is 8.78 Å². The van der Waals surface area contributed by atoms with E-state index in [1.807, 2.05) is 0 Å². The fourth-order valence-electron chi connectivity index (χ4n) is 2.90. The van der Waals surface area contributed by atoms with Gasteiger partial charge in [0, 0.05) is 31.8 Å². The summed E-state index contributed by atoms with van der Waals surface area (Å²) < 4.78 is 32.5. The van der Waals surface area contributed by atoms with Crippen molar-refractivity contribution in [3.8, 4) is 0 Å². The molecule has 0 amide bonds. The lowest BCUT2D eigenvalue weighted by molar-refractivity contribution is 0.0526. The minimum atomic E-state index is -2.56. The quantitative estimate of drug-likeness (QED) is 0.811. The maximum Gasteiger partial charge on any atom is 0.280 e. The predicted octanol–water partition coefficient (Wildman–Crippen LogP) is 2.03. The molecule has 0 bridgehead atoms. The smallest absolute Gasteiger partial charge is 0.280 e. The van der Waals surface area contributed by atoms with Gasteiger partial charge in [0.05, 0.1) is 6.04 Å². The first kappa shape index (κ1) is 15.2. The number of hydrogen-bond donors (Lipinski definition) is 0. The van der Waals surface area contributed by atoms with E-state index in [4.69, 9.17) is 12.6 Å². The summed E-state index contributed by atoms with van der Waals surface area (Å²) in [4.78, 5) is 3.87. The third kappa shape index (κ3) is 3.19. The Kier molecular flexibility index (Phi) is 4.52.